The van der Waals surface area contributed by atoms with Gasteiger partial charge < -0.3 is 0 Å². The highest BCUT2D eigenvalue weighted by molar-refractivity contribution is 9.11. The van der Waals surface area contributed by atoms with E-state index in [1.54, 1.807) is 0 Å². The van der Waals surface area contributed by atoms with E-state index < -0.39 is 0 Å². The Labute approximate surface area is 103 Å². The third-order valence-corrected chi connectivity index (χ3v) is 4.95. The predicted molar refractivity (Wildman–Crippen MR) is 70.1 cm³/mol. The van der Waals surface area contributed by atoms with Gasteiger partial charge in [0.05, 0.1) is 0 Å². The Hall–Kier alpha value is 0.180. The van der Waals surface area contributed by atoms with Crippen LogP contribution in [0.15, 0.2) is 8.95 Å². The Morgan fingerprint density at radius 3 is 1.43 bits per heavy atom. The van der Waals surface area contributed by atoms with E-state index in [2.05, 4.69) is 59.6 Å². The molecule has 0 nitrogen and oxygen atoms in total. The van der Waals surface area contributed by atoms with Gasteiger partial charge in [-0.15, -0.1) is 0 Å². The second-order valence-corrected chi connectivity index (χ2v) is 5.13. The minimum Gasteiger partial charge on any atom is -0.0613 e. The lowest BCUT2D eigenvalue weighted by Gasteiger charge is -2.16. The molecule has 0 aliphatic rings. The summed E-state index contributed by atoms with van der Waals surface area (Å²) >= 11 is 7.37. The maximum atomic E-state index is 3.69. The number of hydrogen-bond donors (Lipinski definition) is 0. The average molecular weight is 320 g/mol. The lowest BCUT2D eigenvalue weighted by Crippen LogP contribution is -1.99. The Morgan fingerprint density at radius 2 is 1.14 bits per heavy atom. The Kier molecular flexibility index (Phi) is 4.20. The first-order valence-electron chi connectivity index (χ1n) is 5.00. The molecule has 0 unspecified atom stereocenters. The second kappa shape index (κ2) is 4.80. The summed E-state index contributed by atoms with van der Waals surface area (Å²) in [6.07, 6.45) is 2.16. The van der Waals surface area contributed by atoms with Gasteiger partial charge in [-0.1, -0.05) is 45.7 Å². The summed E-state index contributed by atoms with van der Waals surface area (Å²) in [6.45, 7) is 8.79. The van der Waals surface area contributed by atoms with Gasteiger partial charge >= 0.3 is 0 Å². The molecular weight excluding hydrogens is 304 g/mol. The molecule has 1 aromatic rings. The first kappa shape index (κ1) is 12.3. The van der Waals surface area contributed by atoms with Gasteiger partial charge in [-0.25, -0.2) is 0 Å². The lowest BCUT2D eigenvalue weighted by molar-refractivity contribution is 1.02. The van der Waals surface area contributed by atoms with E-state index >= 15 is 0 Å². The molecule has 78 valence electrons. The quantitative estimate of drug-likeness (QED) is 0.723. The summed E-state index contributed by atoms with van der Waals surface area (Å²) in [6, 6.07) is 0. The van der Waals surface area contributed by atoms with Crippen LogP contribution in [-0.2, 0) is 12.8 Å². The minimum atomic E-state index is 1.06. The van der Waals surface area contributed by atoms with Crippen molar-refractivity contribution in [1.29, 1.82) is 0 Å². The third-order valence-electron chi connectivity index (χ3n) is 2.80. The molecule has 0 saturated heterocycles. The van der Waals surface area contributed by atoms with Gasteiger partial charge in [0, 0.05) is 8.95 Å². The van der Waals surface area contributed by atoms with Crippen LogP contribution in [0.25, 0.3) is 0 Å². The van der Waals surface area contributed by atoms with Crippen molar-refractivity contribution in [2.24, 2.45) is 0 Å². The van der Waals surface area contributed by atoms with Crippen molar-refractivity contribution in [1.82, 2.24) is 0 Å². The summed E-state index contributed by atoms with van der Waals surface area (Å²) in [5, 5.41) is 0. The molecule has 1 rings (SSSR count). The van der Waals surface area contributed by atoms with Gasteiger partial charge in [0.2, 0.25) is 0 Å². The van der Waals surface area contributed by atoms with Crippen LogP contribution in [0.1, 0.15) is 36.1 Å². The van der Waals surface area contributed by atoms with Crippen molar-refractivity contribution >= 4 is 31.9 Å². The molecule has 0 atom stereocenters. The van der Waals surface area contributed by atoms with E-state index in [1.807, 2.05) is 0 Å². The predicted octanol–water partition coefficient (Wildman–Crippen LogP) is 4.95. The molecule has 0 bridgehead atoms. The van der Waals surface area contributed by atoms with Crippen molar-refractivity contribution in [2.45, 2.75) is 40.5 Å². The molecule has 0 amide bonds. The maximum absolute atomic E-state index is 3.69. The summed E-state index contributed by atoms with van der Waals surface area (Å²) in [4.78, 5) is 0. The van der Waals surface area contributed by atoms with Gasteiger partial charge in [-0.05, 0) is 48.9 Å². The third kappa shape index (κ3) is 1.92. The van der Waals surface area contributed by atoms with E-state index in [9.17, 15) is 0 Å². The second-order valence-electron chi connectivity index (χ2n) is 3.54. The fourth-order valence-electron chi connectivity index (χ4n) is 1.94. The van der Waals surface area contributed by atoms with Crippen molar-refractivity contribution < 1.29 is 0 Å². The molecule has 0 fully saturated rings. The van der Waals surface area contributed by atoms with Crippen LogP contribution in [0.5, 0.6) is 0 Å². The average Bonchev–Trinajstić information content (AvgIpc) is 2.17. The largest absolute Gasteiger partial charge is 0.0613 e. The van der Waals surface area contributed by atoms with Gasteiger partial charge in [0.1, 0.15) is 0 Å². The molecule has 0 aromatic heterocycles. The molecule has 2 heteroatoms. The van der Waals surface area contributed by atoms with E-state index in [0.29, 0.717) is 0 Å². The van der Waals surface area contributed by atoms with Gasteiger partial charge in [0.25, 0.3) is 0 Å². The first-order valence-corrected chi connectivity index (χ1v) is 6.59. The first-order chi connectivity index (χ1) is 6.54. The van der Waals surface area contributed by atoms with Gasteiger partial charge in [0.15, 0.2) is 0 Å². The molecule has 0 N–H and O–H groups in total. The molecule has 14 heavy (non-hydrogen) atoms. The standard InChI is InChI=1S/C12H16Br2/c1-5-9-7(3)11(13)10(6-2)12(14)8(9)4/h5-6H2,1-4H3. The zero-order chi connectivity index (χ0) is 10.9. The number of hydrogen-bond acceptors (Lipinski definition) is 0. The topological polar surface area (TPSA) is 0 Å². The molecule has 0 aliphatic heterocycles. The van der Waals surface area contributed by atoms with Gasteiger partial charge in [-0.3, -0.25) is 0 Å². The number of benzene rings is 1. The Balaban J connectivity index is 3.55. The maximum Gasteiger partial charge on any atom is 0.0250 e. The zero-order valence-electron chi connectivity index (χ0n) is 9.17. The molecule has 0 aliphatic carbocycles. The van der Waals surface area contributed by atoms with E-state index in [1.165, 1.54) is 31.2 Å². The van der Waals surface area contributed by atoms with Crippen LogP contribution >= 0.6 is 31.9 Å². The van der Waals surface area contributed by atoms with Gasteiger partial charge in [-0.2, -0.15) is 0 Å². The van der Waals surface area contributed by atoms with Crippen LogP contribution in [0.3, 0.4) is 0 Å². The molecule has 0 spiro atoms. The molecule has 0 saturated carbocycles. The van der Waals surface area contributed by atoms with E-state index in [4.69, 9.17) is 0 Å². The fraction of sp³-hybridized carbons (Fsp3) is 0.500. The number of halogens is 2. The van der Waals surface area contributed by atoms with Crippen molar-refractivity contribution in [3.8, 4) is 0 Å². The lowest BCUT2D eigenvalue weighted by atomic mass is 9.96. The van der Waals surface area contributed by atoms with Crippen molar-refractivity contribution in [3.63, 3.8) is 0 Å². The SMILES string of the molecule is CCc1c(C)c(Br)c(CC)c(Br)c1C. The molecular formula is C12H16Br2. The molecule has 0 heterocycles. The summed E-state index contributed by atoms with van der Waals surface area (Å²) in [5.74, 6) is 0. The van der Waals surface area contributed by atoms with Crippen molar-refractivity contribution in [2.75, 3.05) is 0 Å². The van der Waals surface area contributed by atoms with Crippen LogP contribution in [0.4, 0.5) is 0 Å². The Bertz CT molecular complexity index is 290. The highest BCUT2D eigenvalue weighted by Gasteiger charge is 2.13. The van der Waals surface area contributed by atoms with Crippen LogP contribution in [-0.4, -0.2) is 0 Å². The molecule has 1 aromatic carbocycles. The normalized spacial score (nSPS) is 10.7. The number of rotatable bonds is 2. The van der Waals surface area contributed by atoms with Crippen molar-refractivity contribution in [3.05, 3.63) is 31.2 Å². The van der Waals surface area contributed by atoms with E-state index in [-0.39, 0.29) is 0 Å². The monoisotopic (exact) mass is 318 g/mol. The van der Waals surface area contributed by atoms with Crippen LogP contribution < -0.4 is 0 Å². The van der Waals surface area contributed by atoms with Crippen LogP contribution in [0.2, 0.25) is 0 Å². The summed E-state index contributed by atoms with van der Waals surface area (Å²) < 4.78 is 2.55. The summed E-state index contributed by atoms with van der Waals surface area (Å²) in [7, 11) is 0. The molecule has 0 radical (unpaired) electrons. The highest BCUT2D eigenvalue weighted by atomic mass is 79.9. The smallest absolute Gasteiger partial charge is 0.0250 e. The van der Waals surface area contributed by atoms with E-state index in [0.717, 1.165) is 12.8 Å². The fourth-order valence-corrected chi connectivity index (χ4v) is 3.64. The minimum absolute atomic E-state index is 1.06. The van der Waals surface area contributed by atoms with Crippen LogP contribution in [0, 0.1) is 13.8 Å². The Morgan fingerprint density at radius 1 is 0.786 bits per heavy atom. The highest BCUT2D eigenvalue weighted by Crippen LogP contribution is 2.35. The zero-order valence-corrected chi connectivity index (χ0v) is 12.3. The summed E-state index contributed by atoms with van der Waals surface area (Å²) in [5.41, 5.74) is 5.63.